The summed E-state index contributed by atoms with van der Waals surface area (Å²) in [5.41, 5.74) is 0. The predicted octanol–water partition coefficient (Wildman–Crippen LogP) is 18.5. The number of carbonyl (C=O) groups is 4. The summed E-state index contributed by atoms with van der Waals surface area (Å²) in [6.07, 6.45) is 37.7. The van der Waals surface area contributed by atoms with Gasteiger partial charge in [0.05, 0.1) is 26.4 Å². The zero-order chi connectivity index (χ0) is 63.9. The Hall–Kier alpha value is -1.94. The number of aliphatic hydroxyl groups excluding tert-OH is 1. The van der Waals surface area contributed by atoms with Crippen LogP contribution in [0.3, 0.4) is 0 Å². The van der Waals surface area contributed by atoms with Crippen LogP contribution in [-0.4, -0.2) is 96.7 Å². The first kappa shape index (κ1) is 84.1. The van der Waals surface area contributed by atoms with Crippen molar-refractivity contribution in [1.82, 2.24) is 0 Å². The molecule has 0 saturated heterocycles. The van der Waals surface area contributed by atoms with Crippen molar-refractivity contribution in [3.8, 4) is 0 Å². The number of phosphoric ester groups is 2. The van der Waals surface area contributed by atoms with Crippen LogP contribution in [-0.2, 0) is 65.4 Å². The van der Waals surface area contributed by atoms with E-state index >= 15 is 0 Å². The van der Waals surface area contributed by atoms with E-state index in [4.69, 9.17) is 37.0 Å². The molecule has 0 heterocycles. The fraction of sp³-hybridized carbons (Fsp3) is 0.940. The maximum atomic E-state index is 13.0. The fourth-order valence-electron chi connectivity index (χ4n) is 9.93. The quantitative estimate of drug-likeness (QED) is 0.0222. The van der Waals surface area contributed by atoms with Crippen molar-refractivity contribution in [3.63, 3.8) is 0 Å². The van der Waals surface area contributed by atoms with E-state index in [-0.39, 0.29) is 25.7 Å². The molecule has 0 aliphatic rings. The Morgan fingerprint density at radius 1 is 0.326 bits per heavy atom. The molecule has 0 bridgehead atoms. The van der Waals surface area contributed by atoms with Gasteiger partial charge in [0.25, 0.3) is 0 Å². The molecule has 17 nitrogen and oxygen atoms in total. The molecular formula is C67H130O17P2. The van der Waals surface area contributed by atoms with Gasteiger partial charge in [-0.2, -0.15) is 0 Å². The van der Waals surface area contributed by atoms with Crippen LogP contribution in [0.5, 0.6) is 0 Å². The van der Waals surface area contributed by atoms with Crippen molar-refractivity contribution in [2.75, 3.05) is 39.6 Å². The van der Waals surface area contributed by atoms with E-state index in [9.17, 15) is 43.2 Å². The maximum absolute atomic E-state index is 13.0. The fourth-order valence-corrected chi connectivity index (χ4v) is 11.5. The number of hydrogen-bond acceptors (Lipinski definition) is 15. The molecule has 0 aromatic heterocycles. The number of esters is 4. The highest BCUT2D eigenvalue weighted by atomic mass is 31.2. The molecule has 3 N–H and O–H groups in total. The molecule has 4 unspecified atom stereocenters. The van der Waals surface area contributed by atoms with E-state index < -0.39 is 97.5 Å². The van der Waals surface area contributed by atoms with Gasteiger partial charge in [0, 0.05) is 25.7 Å². The second kappa shape index (κ2) is 57.0. The molecular weight excluding hydrogens is 1140 g/mol. The summed E-state index contributed by atoms with van der Waals surface area (Å²) in [5.74, 6) is 0.804. The van der Waals surface area contributed by atoms with Gasteiger partial charge < -0.3 is 33.8 Å². The van der Waals surface area contributed by atoms with Crippen molar-refractivity contribution in [3.05, 3.63) is 0 Å². The SMILES string of the molecule is CCC(C)CCCCCCCCCCCCC(=O)O[C@H](COC(=O)CCCCCCCCCCC(C)C)COP(=O)(O)OCC(O)COP(=O)(O)OC[C@@H](COC(=O)CCCCCCCCCCCC(C)C)OC(=O)CCCCCCCCC(C)C. The summed E-state index contributed by atoms with van der Waals surface area (Å²) < 4.78 is 68.1. The van der Waals surface area contributed by atoms with E-state index in [0.29, 0.717) is 31.6 Å². The molecule has 0 amide bonds. The highest BCUT2D eigenvalue weighted by Crippen LogP contribution is 2.45. The van der Waals surface area contributed by atoms with Gasteiger partial charge in [0.2, 0.25) is 0 Å². The minimum atomic E-state index is -4.95. The summed E-state index contributed by atoms with van der Waals surface area (Å²) in [4.78, 5) is 72.3. The molecule has 19 heteroatoms. The topological polar surface area (TPSA) is 237 Å². The van der Waals surface area contributed by atoms with Gasteiger partial charge in [-0.3, -0.25) is 37.3 Å². The van der Waals surface area contributed by atoms with Gasteiger partial charge in [-0.1, -0.05) is 274 Å². The van der Waals surface area contributed by atoms with Crippen molar-refractivity contribution in [1.29, 1.82) is 0 Å². The Labute approximate surface area is 524 Å². The number of aliphatic hydroxyl groups is 1. The molecule has 0 aromatic carbocycles. The molecule has 0 aliphatic heterocycles. The Morgan fingerprint density at radius 2 is 0.558 bits per heavy atom. The minimum Gasteiger partial charge on any atom is -0.462 e. The molecule has 0 fully saturated rings. The summed E-state index contributed by atoms with van der Waals surface area (Å²) in [6.45, 7) is 14.0. The maximum Gasteiger partial charge on any atom is 0.472 e. The molecule has 0 saturated carbocycles. The summed E-state index contributed by atoms with van der Waals surface area (Å²) in [6, 6.07) is 0. The lowest BCUT2D eigenvalue weighted by Gasteiger charge is -2.21. The summed E-state index contributed by atoms with van der Waals surface area (Å²) in [7, 11) is -9.90. The van der Waals surface area contributed by atoms with Crippen molar-refractivity contribution in [2.45, 2.75) is 343 Å². The van der Waals surface area contributed by atoms with Crippen molar-refractivity contribution in [2.24, 2.45) is 23.7 Å². The lowest BCUT2D eigenvalue weighted by Crippen LogP contribution is -2.30. The average molecular weight is 1270 g/mol. The second-order valence-electron chi connectivity index (χ2n) is 25.9. The van der Waals surface area contributed by atoms with Gasteiger partial charge in [0.15, 0.2) is 12.2 Å². The van der Waals surface area contributed by atoms with Crippen LogP contribution < -0.4 is 0 Å². The smallest absolute Gasteiger partial charge is 0.462 e. The molecule has 6 atom stereocenters. The molecule has 510 valence electrons. The Bertz CT molecular complexity index is 1720. The predicted molar refractivity (Wildman–Crippen MR) is 344 cm³/mol. The number of phosphoric acid groups is 2. The van der Waals surface area contributed by atoms with E-state index in [0.717, 1.165) is 108 Å². The lowest BCUT2D eigenvalue weighted by molar-refractivity contribution is -0.161. The largest absolute Gasteiger partial charge is 0.472 e. The van der Waals surface area contributed by atoms with Gasteiger partial charge in [-0.15, -0.1) is 0 Å². The number of ether oxygens (including phenoxy) is 4. The van der Waals surface area contributed by atoms with Crippen LogP contribution in [0.25, 0.3) is 0 Å². The lowest BCUT2D eigenvalue weighted by atomic mass is 9.99. The van der Waals surface area contributed by atoms with E-state index in [1.165, 1.54) is 128 Å². The summed E-state index contributed by atoms with van der Waals surface area (Å²) >= 11 is 0. The van der Waals surface area contributed by atoms with Crippen LogP contribution in [0.4, 0.5) is 0 Å². The summed E-state index contributed by atoms with van der Waals surface area (Å²) in [5, 5.41) is 10.6. The Balaban J connectivity index is 5.25. The van der Waals surface area contributed by atoms with Gasteiger partial charge in [0.1, 0.15) is 19.3 Å². The van der Waals surface area contributed by atoms with E-state index in [1.807, 2.05) is 0 Å². The van der Waals surface area contributed by atoms with Crippen LogP contribution in [0.1, 0.15) is 325 Å². The number of carbonyl (C=O) groups excluding carboxylic acids is 4. The second-order valence-corrected chi connectivity index (χ2v) is 28.8. The van der Waals surface area contributed by atoms with Gasteiger partial charge >= 0.3 is 39.5 Å². The van der Waals surface area contributed by atoms with Crippen molar-refractivity contribution < 1.29 is 80.2 Å². The highest BCUT2D eigenvalue weighted by Gasteiger charge is 2.30. The third-order valence-corrected chi connectivity index (χ3v) is 17.6. The molecule has 0 aliphatic carbocycles. The first-order valence-corrected chi connectivity index (χ1v) is 37.7. The third kappa shape index (κ3) is 59.7. The minimum absolute atomic E-state index is 0.101. The molecule has 0 spiro atoms. The van der Waals surface area contributed by atoms with Gasteiger partial charge in [-0.25, -0.2) is 9.13 Å². The Morgan fingerprint density at radius 3 is 0.826 bits per heavy atom. The number of hydrogen-bond donors (Lipinski definition) is 3. The molecule has 0 radical (unpaired) electrons. The third-order valence-electron chi connectivity index (χ3n) is 15.7. The molecule has 0 rings (SSSR count). The van der Waals surface area contributed by atoms with Gasteiger partial charge in [-0.05, 0) is 49.4 Å². The van der Waals surface area contributed by atoms with Crippen LogP contribution in [0.2, 0.25) is 0 Å². The molecule has 0 aromatic rings. The van der Waals surface area contributed by atoms with Crippen molar-refractivity contribution >= 4 is 39.5 Å². The van der Waals surface area contributed by atoms with Crippen LogP contribution >= 0.6 is 15.6 Å². The standard InChI is InChI=1S/C67H130O17P2/c1-9-60(8)46-38-30-21-14-10-11-15-24-33-41-49-66(71)83-62(53-78-65(70)48-40-32-23-18-17-20-28-36-44-58(4)5)55-81-85(73,74)79-51-61(68)52-80-86(75,76)82-56-63(84-67(72)50-42-34-26-25-29-37-45-59(6)7)54-77-64(69)47-39-31-22-16-12-13-19-27-35-43-57(2)3/h57-63,68H,9-56H2,1-8H3,(H,73,74)(H,75,76)/t60?,61?,62-,63-/m1/s1. The zero-order valence-electron chi connectivity index (χ0n) is 55.9. The monoisotopic (exact) mass is 1270 g/mol. The van der Waals surface area contributed by atoms with E-state index in [2.05, 4.69) is 55.4 Å². The number of rotatable bonds is 64. The van der Waals surface area contributed by atoms with Crippen LogP contribution in [0, 0.1) is 23.7 Å². The zero-order valence-corrected chi connectivity index (χ0v) is 57.7. The van der Waals surface area contributed by atoms with Crippen LogP contribution in [0.15, 0.2) is 0 Å². The molecule has 86 heavy (non-hydrogen) atoms. The first-order valence-electron chi connectivity index (χ1n) is 34.7. The number of unbranched alkanes of at least 4 members (excludes halogenated alkanes) is 29. The highest BCUT2D eigenvalue weighted by molar-refractivity contribution is 7.47. The normalized spacial score (nSPS) is 14.7. The first-order chi connectivity index (χ1) is 41.1. The average Bonchev–Trinajstić information content (AvgIpc) is 3.57. The Kier molecular flexibility index (Phi) is 55.7. The van der Waals surface area contributed by atoms with E-state index in [1.54, 1.807) is 0 Å².